The van der Waals surface area contributed by atoms with Crippen LogP contribution in [-0.2, 0) is 0 Å². The first kappa shape index (κ1) is 11.9. The molecule has 1 unspecified atom stereocenters. The Morgan fingerprint density at radius 2 is 2.33 bits per heavy atom. The predicted molar refractivity (Wildman–Crippen MR) is 63.3 cm³/mol. The molecule has 1 atom stereocenters. The van der Waals surface area contributed by atoms with Crippen molar-refractivity contribution >= 4 is 11.6 Å². The van der Waals surface area contributed by atoms with Crippen molar-refractivity contribution in [2.75, 3.05) is 13.7 Å². The summed E-state index contributed by atoms with van der Waals surface area (Å²) in [6, 6.07) is 5.89. The van der Waals surface area contributed by atoms with E-state index in [9.17, 15) is 0 Å². The van der Waals surface area contributed by atoms with E-state index in [-0.39, 0.29) is 6.04 Å². The van der Waals surface area contributed by atoms with Gasteiger partial charge in [-0.25, -0.2) is 0 Å². The van der Waals surface area contributed by atoms with Crippen molar-refractivity contribution in [3.63, 3.8) is 0 Å². The van der Waals surface area contributed by atoms with Gasteiger partial charge in [-0.05, 0) is 24.6 Å². The lowest BCUT2D eigenvalue weighted by molar-refractivity contribution is 0.414. The monoisotopic (exact) mass is 223 g/mol. The standard InChI is InChI=1S/C12H14ClNO/c1-4-7-14-9(2)10-5-6-12(15-3)11(13)8-10/h1,5-6,8-9,14H,7H2,2-3H3. The summed E-state index contributed by atoms with van der Waals surface area (Å²) in [6.07, 6.45) is 5.17. The number of nitrogens with one attached hydrogen (secondary N) is 1. The molecule has 0 heterocycles. The molecule has 1 aromatic rings. The number of hydrogen-bond donors (Lipinski definition) is 1. The highest BCUT2D eigenvalue weighted by molar-refractivity contribution is 6.32. The fourth-order valence-electron chi connectivity index (χ4n) is 1.28. The number of rotatable bonds is 4. The fourth-order valence-corrected chi connectivity index (χ4v) is 1.55. The normalized spacial score (nSPS) is 11.9. The van der Waals surface area contributed by atoms with Crippen LogP contribution in [0.15, 0.2) is 18.2 Å². The van der Waals surface area contributed by atoms with E-state index in [0.29, 0.717) is 17.3 Å². The van der Waals surface area contributed by atoms with Crippen LogP contribution in [0.4, 0.5) is 0 Å². The van der Waals surface area contributed by atoms with Crippen molar-refractivity contribution in [1.82, 2.24) is 5.32 Å². The molecule has 1 N–H and O–H groups in total. The van der Waals surface area contributed by atoms with E-state index in [2.05, 4.69) is 11.2 Å². The number of hydrogen-bond acceptors (Lipinski definition) is 2. The van der Waals surface area contributed by atoms with Gasteiger partial charge >= 0.3 is 0 Å². The minimum atomic E-state index is 0.185. The Labute approximate surface area is 95.6 Å². The maximum atomic E-state index is 6.01. The van der Waals surface area contributed by atoms with Gasteiger partial charge in [-0.15, -0.1) is 6.42 Å². The minimum absolute atomic E-state index is 0.185. The summed E-state index contributed by atoms with van der Waals surface area (Å²) in [5.74, 6) is 3.22. The third-order valence-corrected chi connectivity index (χ3v) is 2.48. The highest BCUT2D eigenvalue weighted by Crippen LogP contribution is 2.27. The number of methoxy groups -OCH3 is 1. The lowest BCUT2D eigenvalue weighted by Crippen LogP contribution is -2.18. The van der Waals surface area contributed by atoms with Crippen molar-refractivity contribution in [3.05, 3.63) is 28.8 Å². The summed E-state index contributed by atoms with van der Waals surface area (Å²) in [7, 11) is 1.60. The average Bonchev–Trinajstić information content (AvgIpc) is 2.25. The minimum Gasteiger partial charge on any atom is -0.495 e. The summed E-state index contributed by atoms with van der Waals surface area (Å²) in [5, 5.41) is 3.79. The molecular weight excluding hydrogens is 210 g/mol. The first-order chi connectivity index (χ1) is 7.19. The third kappa shape index (κ3) is 3.16. The summed E-state index contributed by atoms with van der Waals surface area (Å²) in [5.41, 5.74) is 1.09. The average molecular weight is 224 g/mol. The molecule has 1 aromatic carbocycles. The van der Waals surface area contributed by atoms with E-state index in [1.165, 1.54) is 0 Å². The lowest BCUT2D eigenvalue weighted by Gasteiger charge is -2.13. The third-order valence-electron chi connectivity index (χ3n) is 2.19. The summed E-state index contributed by atoms with van der Waals surface area (Å²) >= 11 is 6.01. The van der Waals surface area contributed by atoms with Gasteiger partial charge in [0.15, 0.2) is 0 Å². The van der Waals surface area contributed by atoms with Crippen molar-refractivity contribution in [1.29, 1.82) is 0 Å². The lowest BCUT2D eigenvalue weighted by atomic mass is 10.1. The van der Waals surface area contributed by atoms with E-state index in [4.69, 9.17) is 22.8 Å². The molecule has 0 bridgehead atoms. The highest BCUT2D eigenvalue weighted by Gasteiger charge is 2.07. The molecule has 0 aliphatic carbocycles. The van der Waals surface area contributed by atoms with Gasteiger partial charge in [-0.3, -0.25) is 5.32 Å². The van der Waals surface area contributed by atoms with Gasteiger partial charge in [0.1, 0.15) is 5.75 Å². The van der Waals surface area contributed by atoms with Crippen LogP contribution in [0.3, 0.4) is 0 Å². The molecule has 3 heteroatoms. The SMILES string of the molecule is C#CCNC(C)c1ccc(OC)c(Cl)c1. The zero-order valence-electron chi connectivity index (χ0n) is 8.88. The Bertz CT molecular complexity index is 370. The van der Waals surface area contributed by atoms with Crippen LogP contribution in [0.5, 0.6) is 5.75 Å². The van der Waals surface area contributed by atoms with Gasteiger partial charge in [0.25, 0.3) is 0 Å². The topological polar surface area (TPSA) is 21.3 Å². The number of terminal acetylenes is 1. The molecule has 0 fully saturated rings. The first-order valence-corrected chi connectivity index (χ1v) is 5.07. The van der Waals surface area contributed by atoms with Gasteiger partial charge in [0.2, 0.25) is 0 Å². The van der Waals surface area contributed by atoms with E-state index in [0.717, 1.165) is 5.56 Å². The summed E-state index contributed by atoms with van der Waals surface area (Å²) in [4.78, 5) is 0. The molecule has 0 amide bonds. The second kappa shape index (κ2) is 5.65. The van der Waals surface area contributed by atoms with Crippen LogP contribution in [0.2, 0.25) is 5.02 Å². The van der Waals surface area contributed by atoms with Gasteiger partial charge in [0.05, 0.1) is 18.7 Å². The van der Waals surface area contributed by atoms with Crippen LogP contribution in [0.25, 0.3) is 0 Å². The van der Waals surface area contributed by atoms with Crippen LogP contribution in [-0.4, -0.2) is 13.7 Å². The molecule has 15 heavy (non-hydrogen) atoms. The van der Waals surface area contributed by atoms with E-state index >= 15 is 0 Å². The van der Waals surface area contributed by atoms with Gasteiger partial charge < -0.3 is 4.74 Å². The Balaban J connectivity index is 2.79. The molecule has 0 radical (unpaired) electrons. The zero-order valence-corrected chi connectivity index (χ0v) is 9.64. The molecule has 0 saturated carbocycles. The predicted octanol–water partition coefficient (Wildman–Crippen LogP) is 2.63. The van der Waals surface area contributed by atoms with Crippen molar-refractivity contribution in [2.24, 2.45) is 0 Å². The van der Waals surface area contributed by atoms with Crippen molar-refractivity contribution < 1.29 is 4.74 Å². The summed E-state index contributed by atoms with van der Waals surface area (Å²) in [6.45, 7) is 2.58. The largest absolute Gasteiger partial charge is 0.495 e. The second-order valence-electron chi connectivity index (χ2n) is 3.20. The van der Waals surface area contributed by atoms with E-state index in [1.54, 1.807) is 7.11 Å². The maximum Gasteiger partial charge on any atom is 0.137 e. The van der Waals surface area contributed by atoms with Crippen LogP contribution in [0.1, 0.15) is 18.5 Å². The first-order valence-electron chi connectivity index (χ1n) is 4.69. The van der Waals surface area contributed by atoms with Crippen LogP contribution < -0.4 is 10.1 Å². The van der Waals surface area contributed by atoms with E-state index in [1.807, 2.05) is 25.1 Å². The van der Waals surface area contributed by atoms with Crippen LogP contribution in [0, 0.1) is 12.3 Å². The molecule has 0 aromatic heterocycles. The molecule has 0 saturated heterocycles. The number of benzene rings is 1. The molecular formula is C12H14ClNO. The maximum absolute atomic E-state index is 6.01. The fraction of sp³-hybridized carbons (Fsp3) is 0.333. The second-order valence-corrected chi connectivity index (χ2v) is 3.61. The molecule has 0 spiro atoms. The Morgan fingerprint density at radius 3 is 2.87 bits per heavy atom. The molecule has 0 aliphatic rings. The van der Waals surface area contributed by atoms with Gasteiger partial charge in [0, 0.05) is 6.04 Å². The molecule has 80 valence electrons. The van der Waals surface area contributed by atoms with Crippen molar-refractivity contribution in [2.45, 2.75) is 13.0 Å². The Morgan fingerprint density at radius 1 is 1.60 bits per heavy atom. The Kier molecular flexibility index (Phi) is 4.48. The van der Waals surface area contributed by atoms with E-state index < -0.39 is 0 Å². The number of halogens is 1. The van der Waals surface area contributed by atoms with Crippen LogP contribution >= 0.6 is 11.6 Å². The highest BCUT2D eigenvalue weighted by atomic mass is 35.5. The zero-order chi connectivity index (χ0) is 11.3. The molecule has 2 nitrogen and oxygen atoms in total. The Hall–Kier alpha value is -1.17. The number of ether oxygens (including phenoxy) is 1. The summed E-state index contributed by atoms with van der Waals surface area (Å²) < 4.78 is 5.08. The molecule has 0 aliphatic heterocycles. The smallest absolute Gasteiger partial charge is 0.137 e. The van der Waals surface area contributed by atoms with Gasteiger partial charge in [-0.2, -0.15) is 0 Å². The van der Waals surface area contributed by atoms with Crippen molar-refractivity contribution in [3.8, 4) is 18.1 Å². The molecule has 1 rings (SSSR count). The van der Waals surface area contributed by atoms with Gasteiger partial charge in [-0.1, -0.05) is 23.6 Å². The quantitative estimate of drug-likeness (QED) is 0.793.